The van der Waals surface area contributed by atoms with Crippen LogP contribution in [0.25, 0.3) is 0 Å². The highest BCUT2D eigenvalue weighted by Gasteiger charge is 2.23. The Labute approximate surface area is 124 Å². The number of benzene rings is 1. The number of nitrogens with one attached hydrogen (secondary N) is 1. The van der Waals surface area contributed by atoms with Crippen LogP contribution in [0.3, 0.4) is 0 Å². The number of sulfonamides is 1. The molecular weight excluding hydrogens is 292 g/mol. The average Bonchev–Trinajstić information content (AvgIpc) is 2.50. The summed E-state index contributed by atoms with van der Waals surface area (Å²) in [6, 6.07) is 6.30. The van der Waals surface area contributed by atoms with Gasteiger partial charge in [0.15, 0.2) is 0 Å². The number of carbonyl (C=O) groups excluding carboxylic acids is 1. The van der Waals surface area contributed by atoms with E-state index < -0.39 is 10.0 Å². The predicted molar refractivity (Wildman–Crippen MR) is 78.9 cm³/mol. The van der Waals surface area contributed by atoms with Gasteiger partial charge in [0.05, 0.1) is 4.90 Å². The van der Waals surface area contributed by atoms with E-state index in [9.17, 15) is 13.2 Å². The fraction of sp³-hybridized carbons (Fsp3) is 0.357. The van der Waals surface area contributed by atoms with E-state index in [-0.39, 0.29) is 30.4 Å². The molecule has 0 aliphatic rings. The second-order valence-electron chi connectivity index (χ2n) is 4.21. The Morgan fingerprint density at radius 3 is 2.67 bits per heavy atom. The molecule has 0 aliphatic heterocycles. The van der Waals surface area contributed by atoms with E-state index in [1.54, 1.807) is 18.2 Å². The Balaban J connectivity index is 3.05. The van der Waals surface area contributed by atoms with Gasteiger partial charge in [0.2, 0.25) is 15.9 Å². The number of amides is 1. The molecule has 0 aromatic heterocycles. The number of aliphatic hydroxyl groups excluding tert-OH is 1. The average molecular weight is 310 g/mol. The minimum absolute atomic E-state index is 0.0605. The molecule has 0 radical (unpaired) electrons. The van der Waals surface area contributed by atoms with Gasteiger partial charge in [-0.05, 0) is 12.1 Å². The lowest BCUT2D eigenvalue weighted by atomic mass is 10.2. The van der Waals surface area contributed by atoms with Gasteiger partial charge in [-0.1, -0.05) is 24.0 Å². The lowest BCUT2D eigenvalue weighted by Crippen LogP contribution is -2.31. The van der Waals surface area contributed by atoms with E-state index in [1.165, 1.54) is 20.2 Å². The molecule has 114 valence electrons. The summed E-state index contributed by atoms with van der Waals surface area (Å²) in [5.41, 5.74) is 0.318. The summed E-state index contributed by atoms with van der Waals surface area (Å²) in [5.74, 6) is 4.82. The molecular formula is C14H18N2O4S. The van der Waals surface area contributed by atoms with Crippen LogP contribution in [0.1, 0.15) is 12.0 Å². The molecule has 0 aliphatic carbocycles. The molecule has 6 nitrogen and oxygen atoms in total. The molecule has 0 unspecified atom stereocenters. The fourth-order valence-electron chi connectivity index (χ4n) is 1.60. The highest BCUT2D eigenvalue weighted by Crippen LogP contribution is 2.18. The lowest BCUT2D eigenvalue weighted by molar-refractivity contribution is -0.120. The third kappa shape index (κ3) is 4.56. The Morgan fingerprint density at radius 1 is 1.38 bits per heavy atom. The van der Waals surface area contributed by atoms with Crippen LogP contribution >= 0.6 is 0 Å². The maximum atomic E-state index is 12.5. The number of carbonyl (C=O) groups is 1. The quantitative estimate of drug-likeness (QED) is 0.737. The minimum atomic E-state index is -3.73. The van der Waals surface area contributed by atoms with Crippen molar-refractivity contribution < 1.29 is 18.3 Å². The van der Waals surface area contributed by atoms with Gasteiger partial charge < -0.3 is 10.4 Å². The zero-order chi connectivity index (χ0) is 15.9. The maximum Gasteiger partial charge on any atom is 0.244 e. The van der Waals surface area contributed by atoms with Crippen LogP contribution in [-0.4, -0.2) is 51.0 Å². The van der Waals surface area contributed by atoms with Crippen LogP contribution < -0.4 is 5.32 Å². The zero-order valence-electron chi connectivity index (χ0n) is 12.0. The number of hydrogen-bond donors (Lipinski definition) is 2. The van der Waals surface area contributed by atoms with Crippen molar-refractivity contribution in [2.75, 3.05) is 27.2 Å². The predicted octanol–water partition coefficient (Wildman–Crippen LogP) is -0.213. The molecule has 0 bridgehead atoms. The Hall–Kier alpha value is -1.88. The summed E-state index contributed by atoms with van der Waals surface area (Å²) in [6.07, 6.45) is 0.0801. The van der Waals surface area contributed by atoms with Gasteiger partial charge in [-0.3, -0.25) is 4.79 Å². The standard InChI is InChI=1S/C14H18N2O4S/c1-15-14(18)9-10-16(2)21(19,20)13-8-4-3-6-12(13)7-5-11-17/h3-4,6,8,17H,9-11H2,1-2H3,(H,15,18). The highest BCUT2D eigenvalue weighted by atomic mass is 32.2. The SMILES string of the molecule is CNC(=O)CCN(C)S(=O)(=O)c1ccccc1C#CCO. The Morgan fingerprint density at radius 2 is 2.05 bits per heavy atom. The first-order chi connectivity index (χ1) is 9.93. The van der Waals surface area contributed by atoms with E-state index >= 15 is 0 Å². The first kappa shape index (κ1) is 17.2. The molecule has 0 spiro atoms. The Kier molecular flexibility index (Phi) is 6.37. The summed E-state index contributed by atoms with van der Waals surface area (Å²) < 4.78 is 26.1. The van der Waals surface area contributed by atoms with Gasteiger partial charge in [0.25, 0.3) is 0 Å². The van der Waals surface area contributed by atoms with Crippen molar-refractivity contribution in [3.8, 4) is 11.8 Å². The summed E-state index contributed by atoms with van der Waals surface area (Å²) in [4.78, 5) is 11.3. The second-order valence-corrected chi connectivity index (χ2v) is 6.22. The van der Waals surface area contributed by atoms with Crippen molar-refractivity contribution in [1.29, 1.82) is 0 Å². The van der Waals surface area contributed by atoms with Gasteiger partial charge in [-0.2, -0.15) is 0 Å². The number of nitrogens with zero attached hydrogens (tertiary/aromatic N) is 1. The van der Waals surface area contributed by atoms with Crippen molar-refractivity contribution in [3.63, 3.8) is 0 Å². The molecule has 0 heterocycles. The van der Waals surface area contributed by atoms with Gasteiger partial charge in [0, 0.05) is 32.6 Å². The largest absolute Gasteiger partial charge is 0.384 e. The number of hydrogen-bond acceptors (Lipinski definition) is 4. The fourth-order valence-corrected chi connectivity index (χ4v) is 2.92. The minimum Gasteiger partial charge on any atom is -0.384 e. The van der Waals surface area contributed by atoms with Crippen molar-refractivity contribution in [2.24, 2.45) is 0 Å². The van der Waals surface area contributed by atoms with Crippen LogP contribution in [0, 0.1) is 11.8 Å². The maximum absolute atomic E-state index is 12.5. The van der Waals surface area contributed by atoms with Crippen LogP contribution in [0.4, 0.5) is 0 Å². The van der Waals surface area contributed by atoms with Gasteiger partial charge >= 0.3 is 0 Å². The third-order valence-corrected chi connectivity index (χ3v) is 4.73. The first-order valence-corrected chi connectivity index (χ1v) is 7.73. The van der Waals surface area contributed by atoms with Crippen molar-refractivity contribution in [1.82, 2.24) is 9.62 Å². The molecule has 0 atom stereocenters. The summed E-state index contributed by atoms with van der Waals surface area (Å²) in [7, 11) is -0.827. The molecule has 0 fully saturated rings. The van der Waals surface area contributed by atoms with E-state index in [0.717, 1.165) is 4.31 Å². The van der Waals surface area contributed by atoms with Crippen LogP contribution in [0.5, 0.6) is 0 Å². The molecule has 21 heavy (non-hydrogen) atoms. The smallest absolute Gasteiger partial charge is 0.244 e. The van der Waals surface area contributed by atoms with Crippen molar-refractivity contribution >= 4 is 15.9 Å². The van der Waals surface area contributed by atoms with E-state index in [0.29, 0.717) is 5.56 Å². The molecule has 2 N–H and O–H groups in total. The zero-order valence-corrected chi connectivity index (χ0v) is 12.8. The van der Waals surface area contributed by atoms with Crippen molar-refractivity contribution in [2.45, 2.75) is 11.3 Å². The van der Waals surface area contributed by atoms with Gasteiger partial charge in [-0.25, -0.2) is 12.7 Å². The summed E-state index contributed by atoms with van der Waals surface area (Å²) >= 11 is 0. The topological polar surface area (TPSA) is 86.7 Å². The summed E-state index contributed by atoms with van der Waals surface area (Å²) in [5, 5.41) is 11.2. The van der Waals surface area contributed by atoms with Crippen LogP contribution in [-0.2, 0) is 14.8 Å². The molecule has 0 saturated heterocycles. The molecule has 1 aromatic carbocycles. The van der Waals surface area contributed by atoms with E-state index in [1.807, 2.05) is 0 Å². The van der Waals surface area contributed by atoms with Crippen LogP contribution in [0.15, 0.2) is 29.2 Å². The number of aliphatic hydroxyl groups is 1. The first-order valence-electron chi connectivity index (χ1n) is 6.29. The lowest BCUT2D eigenvalue weighted by Gasteiger charge is -2.17. The van der Waals surface area contributed by atoms with Gasteiger partial charge in [-0.15, -0.1) is 0 Å². The molecule has 1 amide bonds. The summed E-state index contributed by atoms with van der Waals surface area (Å²) in [6.45, 7) is -0.273. The normalized spacial score (nSPS) is 10.9. The van der Waals surface area contributed by atoms with Crippen LogP contribution in [0.2, 0.25) is 0 Å². The van der Waals surface area contributed by atoms with Gasteiger partial charge in [0.1, 0.15) is 6.61 Å². The van der Waals surface area contributed by atoms with E-state index in [4.69, 9.17) is 5.11 Å². The van der Waals surface area contributed by atoms with Crippen molar-refractivity contribution in [3.05, 3.63) is 29.8 Å². The molecule has 1 rings (SSSR count). The third-order valence-electron chi connectivity index (χ3n) is 2.81. The molecule has 0 saturated carbocycles. The molecule has 7 heteroatoms. The second kappa shape index (κ2) is 7.78. The number of rotatable bonds is 5. The highest BCUT2D eigenvalue weighted by molar-refractivity contribution is 7.89. The monoisotopic (exact) mass is 310 g/mol. The molecule has 1 aromatic rings. The Bertz CT molecular complexity index is 659. The van der Waals surface area contributed by atoms with E-state index in [2.05, 4.69) is 17.2 Å².